The highest BCUT2D eigenvalue weighted by molar-refractivity contribution is 7.89. The Kier molecular flexibility index (Phi) is 7.25. The number of anilines is 1. The van der Waals surface area contributed by atoms with E-state index < -0.39 is 10.0 Å². The number of hydrogen-bond acceptors (Lipinski definition) is 5. The van der Waals surface area contributed by atoms with Gasteiger partial charge in [-0.05, 0) is 53.6 Å². The van der Waals surface area contributed by atoms with Crippen molar-refractivity contribution in [3.8, 4) is 0 Å². The van der Waals surface area contributed by atoms with E-state index >= 15 is 0 Å². The Labute approximate surface area is 185 Å². The topological polar surface area (TPSA) is 66.5 Å². The highest BCUT2D eigenvalue weighted by atomic mass is 32.2. The predicted molar refractivity (Wildman–Crippen MR) is 126 cm³/mol. The van der Waals surface area contributed by atoms with Gasteiger partial charge in [0.25, 0.3) is 5.91 Å². The van der Waals surface area contributed by atoms with Crippen LogP contribution in [0.4, 0.5) is 5.69 Å². The van der Waals surface area contributed by atoms with E-state index in [0.29, 0.717) is 24.4 Å². The summed E-state index contributed by atoms with van der Waals surface area (Å²) in [4.78, 5) is 15.2. The van der Waals surface area contributed by atoms with E-state index in [1.807, 2.05) is 48.0 Å². The van der Waals surface area contributed by atoms with Crippen LogP contribution in [0.25, 0.3) is 11.6 Å². The SMILES string of the molecule is CCN(CC)S(=O)(=O)c1ccc(C)c(NC(=O)/C(=C/c2cccs2)c2cccs2)c1. The summed E-state index contributed by atoms with van der Waals surface area (Å²) in [6.07, 6.45) is 1.86. The summed E-state index contributed by atoms with van der Waals surface area (Å²) in [5, 5.41) is 6.80. The molecule has 30 heavy (non-hydrogen) atoms. The number of benzene rings is 1. The minimum absolute atomic E-state index is 0.173. The van der Waals surface area contributed by atoms with Crippen LogP contribution in [0.1, 0.15) is 29.2 Å². The Morgan fingerprint density at radius 2 is 1.77 bits per heavy atom. The zero-order valence-corrected chi connectivity index (χ0v) is 19.5. The molecule has 158 valence electrons. The average Bonchev–Trinajstić information content (AvgIpc) is 3.42. The number of amides is 1. The number of carbonyl (C=O) groups is 1. The molecule has 3 rings (SSSR count). The molecule has 0 fully saturated rings. The van der Waals surface area contributed by atoms with Gasteiger partial charge in [-0.25, -0.2) is 8.42 Å². The number of aryl methyl sites for hydroxylation is 1. The number of rotatable bonds is 8. The van der Waals surface area contributed by atoms with Crippen LogP contribution in [0.2, 0.25) is 0 Å². The van der Waals surface area contributed by atoms with Crippen LogP contribution in [-0.2, 0) is 14.8 Å². The fraction of sp³-hybridized carbons (Fsp3) is 0.227. The van der Waals surface area contributed by atoms with Crippen LogP contribution < -0.4 is 5.32 Å². The normalized spacial score (nSPS) is 12.3. The molecule has 0 aliphatic heterocycles. The van der Waals surface area contributed by atoms with Crippen molar-refractivity contribution in [2.75, 3.05) is 18.4 Å². The molecule has 0 spiro atoms. The summed E-state index contributed by atoms with van der Waals surface area (Å²) >= 11 is 3.04. The molecular formula is C22H24N2O3S3. The first-order valence-electron chi connectivity index (χ1n) is 9.58. The summed E-state index contributed by atoms with van der Waals surface area (Å²) in [5.74, 6) is -0.272. The Bertz CT molecular complexity index is 1130. The summed E-state index contributed by atoms with van der Waals surface area (Å²) in [6.45, 7) is 6.24. The van der Waals surface area contributed by atoms with E-state index in [-0.39, 0.29) is 10.8 Å². The second-order valence-corrected chi connectivity index (χ2v) is 10.4. The minimum Gasteiger partial charge on any atom is -0.322 e. The first-order valence-corrected chi connectivity index (χ1v) is 12.8. The van der Waals surface area contributed by atoms with Gasteiger partial charge >= 0.3 is 0 Å². The molecule has 5 nitrogen and oxygen atoms in total. The maximum absolute atomic E-state index is 13.2. The number of sulfonamides is 1. The number of hydrogen-bond donors (Lipinski definition) is 1. The van der Waals surface area contributed by atoms with E-state index in [1.165, 1.54) is 21.7 Å². The molecule has 0 atom stereocenters. The minimum atomic E-state index is -3.61. The lowest BCUT2D eigenvalue weighted by Gasteiger charge is -2.19. The summed E-state index contributed by atoms with van der Waals surface area (Å²) in [6, 6.07) is 12.5. The lowest BCUT2D eigenvalue weighted by molar-refractivity contribution is -0.111. The largest absolute Gasteiger partial charge is 0.322 e. The number of carbonyl (C=O) groups excluding carboxylic acids is 1. The van der Waals surface area contributed by atoms with E-state index in [0.717, 1.165) is 15.3 Å². The van der Waals surface area contributed by atoms with Gasteiger partial charge in [-0.15, -0.1) is 22.7 Å². The van der Waals surface area contributed by atoms with E-state index in [4.69, 9.17) is 0 Å². The van der Waals surface area contributed by atoms with Gasteiger partial charge in [0.2, 0.25) is 10.0 Å². The Morgan fingerprint density at radius 1 is 1.07 bits per heavy atom. The van der Waals surface area contributed by atoms with Gasteiger partial charge in [-0.3, -0.25) is 4.79 Å². The fourth-order valence-corrected chi connectivity index (χ4v) is 5.88. The second-order valence-electron chi connectivity index (χ2n) is 6.57. The van der Waals surface area contributed by atoms with Crippen molar-refractivity contribution >= 4 is 55.9 Å². The molecule has 1 amide bonds. The van der Waals surface area contributed by atoms with Crippen molar-refractivity contribution in [2.45, 2.75) is 25.7 Å². The van der Waals surface area contributed by atoms with Gasteiger partial charge in [0.1, 0.15) is 0 Å². The molecule has 2 aromatic heterocycles. The molecule has 2 heterocycles. The average molecular weight is 461 g/mol. The van der Waals surface area contributed by atoms with E-state index in [9.17, 15) is 13.2 Å². The van der Waals surface area contributed by atoms with Crippen LogP contribution in [0.5, 0.6) is 0 Å². The van der Waals surface area contributed by atoms with Crippen LogP contribution >= 0.6 is 22.7 Å². The van der Waals surface area contributed by atoms with Gasteiger partial charge in [0.05, 0.1) is 10.5 Å². The third kappa shape index (κ3) is 4.89. The molecule has 1 aromatic carbocycles. The lowest BCUT2D eigenvalue weighted by Crippen LogP contribution is -2.30. The summed E-state index contributed by atoms with van der Waals surface area (Å²) in [7, 11) is -3.61. The number of nitrogens with zero attached hydrogens (tertiary/aromatic N) is 1. The van der Waals surface area contributed by atoms with Gasteiger partial charge in [-0.1, -0.05) is 32.0 Å². The monoisotopic (exact) mass is 460 g/mol. The highest BCUT2D eigenvalue weighted by Gasteiger charge is 2.23. The molecule has 0 aliphatic carbocycles. The molecule has 0 bridgehead atoms. The maximum atomic E-state index is 13.2. The van der Waals surface area contributed by atoms with Gasteiger partial charge in [-0.2, -0.15) is 4.31 Å². The van der Waals surface area contributed by atoms with Crippen molar-refractivity contribution in [3.05, 3.63) is 68.5 Å². The molecular weight excluding hydrogens is 436 g/mol. The first-order chi connectivity index (χ1) is 14.4. The standard InChI is InChI=1S/C22H24N2O3S3/c1-4-24(5-2)30(26,27)18-11-10-16(3)20(15-18)23-22(25)19(21-9-7-13-29-21)14-17-8-6-12-28-17/h6-15H,4-5H2,1-3H3,(H,23,25)/b19-14+. The van der Waals surface area contributed by atoms with Crippen LogP contribution in [0.15, 0.2) is 58.1 Å². The molecule has 0 aliphatic rings. The van der Waals surface area contributed by atoms with Crippen molar-refractivity contribution in [3.63, 3.8) is 0 Å². The third-order valence-electron chi connectivity index (χ3n) is 4.66. The molecule has 8 heteroatoms. The molecule has 0 radical (unpaired) electrons. The van der Waals surface area contributed by atoms with Crippen LogP contribution in [0.3, 0.4) is 0 Å². The summed E-state index contributed by atoms with van der Waals surface area (Å²) < 4.78 is 27.2. The van der Waals surface area contributed by atoms with Crippen LogP contribution in [0, 0.1) is 6.92 Å². The molecule has 0 saturated heterocycles. The quantitative estimate of drug-likeness (QED) is 0.462. The van der Waals surface area contributed by atoms with E-state index in [1.54, 1.807) is 37.3 Å². The first kappa shape index (κ1) is 22.4. The second kappa shape index (κ2) is 9.70. The number of thiophene rings is 2. The molecule has 0 unspecified atom stereocenters. The smallest absolute Gasteiger partial charge is 0.257 e. The zero-order valence-electron chi connectivity index (χ0n) is 17.1. The molecule has 1 N–H and O–H groups in total. The number of nitrogens with one attached hydrogen (secondary N) is 1. The lowest BCUT2D eigenvalue weighted by atomic mass is 10.1. The fourth-order valence-electron chi connectivity index (χ4n) is 2.99. The third-order valence-corrected chi connectivity index (χ3v) is 8.43. The Balaban J connectivity index is 1.96. The van der Waals surface area contributed by atoms with Crippen LogP contribution in [-0.4, -0.2) is 31.7 Å². The molecule has 0 saturated carbocycles. The Hall–Kier alpha value is -2.26. The summed E-state index contributed by atoms with van der Waals surface area (Å²) in [5.41, 5.74) is 1.83. The van der Waals surface area contributed by atoms with Gasteiger partial charge in [0.15, 0.2) is 0 Å². The zero-order chi connectivity index (χ0) is 21.7. The molecule has 3 aromatic rings. The van der Waals surface area contributed by atoms with Gasteiger partial charge in [0, 0.05) is 28.5 Å². The van der Waals surface area contributed by atoms with Crippen molar-refractivity contribution in [2.24, 2.45) is 0 Å². The highest BCUT2D eigenvalue weighted by Crippen LogP contribution is 2.28. The van der Waals surface area contributed by atoms with Crippen molar-refractivity contribution in [1.29, 1.82) is 0 Å². The Morgan fingerprint density at radius 3 is 2.37 bits per heavy atom. The van der Waals surface area contributed by atoms with Crippen molar-refractivity contribution in [1.82, 2.24) is 4.31 Å². The van der Waals surface area contributed by atoms with Crippen molar-refractivity contribution < 1.29 is 13.2 Å². The van der Waals surface area contributed by atoms with Gasteiger partial charge < -0.3 is 5.32 Å². The predicted octanol–water partition coefficient (Wildman–Crippen LogP) is 5.33. The van der Waals surface area contributed by atoms with E-state index in [2.05, 4.69) is 5.32 Å². The maximum Gasteiger partial charge on any atom is 0.257 e.